The molecule has 1 aliphatic heterocycles. The Morgan fingerprint density at radius 2 is 1.72 bits per heavy atom. The first-order valence-electron chi connectivity index (χ1n) is 8.13. The molecule has 0 radical (unpaired) electrons. The number of hydrogen-bond acceptors (Lipinski definition) is 4. The van der Waals surface area contributed by atoms with Crippen molar-refractivity contribution >= 4 is 15.7 Å². The van der Waals surface area contributed by atoms with E-state index in [4.69, 9.17) is 0 Å². The van der Waals surface area contributed by atoms with Crippen LogP contribution in [0.15, 0.2) is 40.3 Å². The van der Waals surface area contributed by atoms with E-state index in [0.29, 0.717) is 12.8 Å². The van der Waals surface area contributed by atoms with Gasteiger partial charge in [0.1, 0.15) is 0 Å². The first kappa shape index (κ1) is 18.2. The Bertz CT molecular complexity index is 759. The van der Waals surface area contributed by atoms with Crippen molar-refractivity contribution in [3.63, 3.8) is 0 Å². The van der Waals surface area contributed by atoms with Crippen LogP contribution in [0, 0.1) is 5.92 Å². The largest absolute Gasteiger partial charge is 0.439 e. The Labute approximate surface area is 144 Å². The minimum absolute atomic E-state index is 0.110. The summed E-state index contributed by atoms with van der Waals surface area (Å²) in [4.78, 5) is -0.341. The molecule has 2 aliphatic rings. The van der Waals surface area contributed by atoms with E-state index in [2.05, 4.69) is 5.10 Å². The van der Waals surface area contributed by atoms with Gasteiger partial charge in [0.2, 0.25) is 0 Å². The van der Waals surface area contributed by atoms with Crippen molar-refractivity contribution in [2.45, 2.75) is 55.3 Å². The van der Waals surface area contributed by atoms with Crippen LogP contribution in [-0.2, 0) is 10.0 Å². The molecule has 1 N–H and O–H groups in total. The second-order valence-electron chi connectivity index (χ2n) is 6.48. The van der Waals surface area contributed by atoms with Crippen molar-refractivity contribution in [1.29, 1.82) is 0 Å². The lowest BCUT2D eigenvalue weighted by atomic mass is 9.83. The standard InChI is InChI=1S/C16H19F3N2O3S/c17-16(18,19)15(22)11-14(12-7-3-1-4-8-12)20-21(15)25(23,24)13-9-5-2-6-10-13/h2,5-6,9-10,12,22H,1,3-4,7-8,11H2/t15-/m0/s1. The van der Waals surface area contributed by atoms with E-state index < -0.39 is 28.3 Å². The predicted octanol–water partition coefficient (Wildman–Crippen LogP) is 3.27. The molecule has 0 spiro atoms. The number of sulfonamides is 1. The van der Waals surface area contributed by atoms with Crippen molar-refractivity contribution in [2.24, 2.45) is 11.0 Å². The van der Waals surface area contributed by atoms with Gasteiger partial charge in [-0.25, -0.2) is 0 Å². The highest BCUT2D eigenvalue weighted by atomic mass is 32.2. The van der Waals surface area contributed by atoms with Gasteiger partial charge in [0.15, 0.2) is 0 Å². The minimum atomic E-state index is -5.16. The highest BCUT2D eigenvalue weighted by molar-refractivity contribution is 7.89. The summed E-state index contributed by atoms with van der Waals surface area (Å²) in [6.07, 6.45) is -1.96. The number of benzene rings is 1. The van der Waals surface area contributed by atoms with Crippen molar-refractivity contribution < 1.29 is 26.7 Å². The van der Waals surface area contributed by atoms with Crippen LogP contribution in [0.3, 0.4) is 0 Å². The highest BCUT2D eigenvalue weighted by Gasteiger charge is 2.65. The van der Waals surface area contributed by atoms with E-state index >= 15 is 0 Å². The van der Waals surface area contributed by atoms with Crippen molar-refractivity contribution in [1.82, 2.24) is 4.41 Å². The SMILES string of the molecule is O=S(=O)(c1ccccc1)N1N=C(C2CCCCC2)C[C@]1(O)C(F)(F)F. The first-order valence-corrected chi connectivity index (χ1v) is 9.57. The quantitative estimate of drug-likeness (QED) is 0.880. The maximum Gasteiger partial charge on any atom is 0.439 e. The molecule has 1 atom stereocenters. The number of hydrazone groups is 1. The summed E-state index contributed by atoms with van der Waals surface area (Å²) < 4.78 is 65.9. The van der Waals surface area contributed by atoms with E-state index in [-0.39, 0.29) is 20.9 Å². The first-order chi connectivity index (χ1) is 11.7. The zero-order valence-electron chi connectivity index (χ0n) is 13.4. The minimum Gasteiger partial charge on any atom is -0.361 e. The average molecular weight is 376 g/mol. The van der Waals surface area contributed by atoms with Crippen molar-refractivity contribution in [2.75, 3.05) is 0 Å². The summed E-state index contributed by atoms with van der Waals surface area (Å²) >= 11 is 0. The summed E-state index contributed by atoms with van der Waals surface area (Å²) in [5, 5.41) is 14.1. The Morgan fingerprint density at radius 3 is 2.28 bits per heavy atom. The lowest BCUT2D eigenvalue weighted by Gasteiger charge is -2.33. The third-order valence-electron chi connectivity index (χ3n) is 4.76. The van der Waals surface area contributed by atoms with Gasteiger partial charge in [-0.05, 0) is 30.9 Å². The van der Waals surface area contributed by atoms with E-state index in [1.54, 1.807) is 6.07 Å². The monoisotopic (exact) mass is 376 g/mol. The molecule has 0 amide bonds. The van der Waals surface area contributed by atoms with Gasteiger partial charge in [-0.2, -0.15) is 26.7 Å². The molecule has 0 bridgehead atoms. The summed E-state index contributed by atoms with van der Waals surface area (Å²) in [7, 11) is -4.63. The summed E-state index contributed by atoms with van der Waals surface area (Å²) in [6, 6.07) is 6.72. The maximum atomic E-state index is 13.6. The number of nitrogens with zero attached hydrogens (tertiary/aromatic N) is 2. The van der Waals surface area contributed by atoms with Gasteiger partial charge in [-0.1, -0.05) is 37.5 Å². The fourth-order valence-corrected chi connectivity index (χ4v) is 4.85. The third-order valence-corrected chi connectivity index (χ3v) is 6.47. The molecule has 1 fully saturated rings. The van der Waals surface area contributed by atoms with Gasteiger partial charge >= 0.3 is 6.18 Å². The fourth-order valence-electron chi connectivity index (χ4n) is 3.37. The van der Waals surface area contributed by atoms with E-state index in [1.807, 2.05) is 0 Å². The van der Waals surface area contributed by atoms with Gasteiger partial charge in [0.05, 0.1) is 4.90 Å². The van der Waals surface area contributed by atoms with E-state index in [0.717, 1.165) is 19.3 Å². The molecular weight excluding hydrogens is 357 g/mol. The second kappa shape index (κ2) is 6.28. The highest BCUT2D eigenvalue weighted by Crippen LogP contribution is 2.45. The molecule has 5 nitrogen and oxygen atoms in total. The topological polar surface area (TPSA) is 70.0 Å². The molecule has 25 heavy (non-hydrogen) atoms. The van der Waals surface area contributed by atoms with Crippen LogP contribution in [-0.4, -0.2) is 35.6 Å². The Hall–Kier alpha value is -1.61. The lowest BCUT2D eigenvalue weighted by molar-refractivity contribution is -0.291. The lowest BCUT2D eigenvalue weighted by Crippen LogP contribution is -2.56. The van der Waals surface area contributed by atoms with Crippen LogP contribution >= 0.6 is 0 Å². The molecule has 1 aromatic carbocycles. The molecule has 0 unspecified atom stereocenters. The van der Waals surface area contributed by atoms with Crippen LogP contribution in [0.1, 0.15) is 38.5 Å². The van der Waals surface area contributed by atoms with Crippen LogP contribution in [0.2, 0.25) is 0 Å². The molecule has 1 aromatic rings. The van der Waals surface area contributed by atoms with Gasteiger partial charge < -0.3 is 5.11 Å². The zero-order chi connectivity index (χ0) is 18.3. The zero-order valence-corrected chi connectivity index (χ0v) is 14.2. The Kier molecular flexibility index (Phi) is 4.57. The van der Waals surface area contributed by atoms with Crippen LogP contribution < -0.4 is 0 Å². The van der Waals surface area contributed by atoms with Gasteiger partial charge in [0.25, 0.3) is 15.7 Å². The third kappa shape index (κ3) is 3.15. The number of alkyl halides is 3. The van der Waals surface area contributed by atoms with Gasteiger partial charge in [0, 0.05) is 12.1 Å². The maximum absolute atomic E-state index is 13.6. The molecular formula is C16H19F3N2O3S. The number of rotatable bonds is 3. The number of halogens is 3. The number of hydrogen-bond donors (Lipinski definition) is 1. The fraction of sp³-hybridized carbons (Fsp3) is 0.562. The summed E-state index contributed by atoms with van der Waals surface area (Å²) in [5.74, 6) is -0.224. The average Bonchev–Trinajstić information content (AvgIpc) is 2.96. The van der Waals surface area contributed by atoms with Crippen molar-refractivity contribution in [3.8, 4) is 0 Å². The smallest absolute Gasteiger partial charge is 0.361 e. The Balaban J connectivity index is 2.04. The molecule has 3 rings (SSSR count). The second-order valence-corrected chi connectivity index (χ2v) is 8.25. The van der Waals surface area contributed by atoms with Gasteiger partial charge in [-0.15, -0.1) is 4.41 Å². The molecule has 0 saturated heterocycles. The van der Waals surface area contributed by atoms with Crippen LogP contribution in [0.25, 0.3) is 0 Å². The molecule has 1 heterocycles. The summed E-state index contributed by atoms with van der Waals surface area (Å²) in [5.41, 5.74) is -3.44. The molecule has 0 aromatic heterocycles. The Morgan fingerprint density at radius 1 is 1.12 bits per heavy atom. The molecule has 9 heteroatoms. The number of aliphatic hydroxyl groups is 1. The van der Waals surface area contributed by atoms with Crippen LogP contribution in [0.4, 0.5) is 13.2 Å². The normalized spacial score (nSPS) is 25.9. The molecule has 138 valence electrons. The summed E-state index contributed by atoms with van der Waals surface area (Å²) in [6.45, 7) is 0. The molecule has 1 aliphatic carbocycles. The van der Waals surface area contributed by atoms with E-state index in [9.17, 15) is 26.7 Å². The van der Waals surface area contributed by atoms with Gasteiger partial charge in [-0.3, -0.25) is 0 Å². The van der Waals surface area contributed by atoms with Crippen molar-refractivity contribution in [3.05, 3.63) is 30.3 Å². The molecule has 1 saturated carbocycles. The van der Waals surface area contributed by atoms with Crippen LogP contribution in [0.5, 0.6) is 0 Å². The predicted molar refractivity (Wildman–Crippen MR) is 85.1 cm³/mol. The van der Waals surface area contributed by atoms with E-state index in [1.165, 1.54) is 24.3 Å².